The second kappa shape index (κ2) is 21.8. The summed E-state index contributed by atoms with van der Waals surface area (Å²) in [5, 5.41) is 3.37. The maximum absolute atomic E-state index is 13.9. The molecule has 0 aromatic heterocycles. The monoisotopic (exact) mass is 953 g/mol. The molecule has 0 fully saturated rings. The third-order valence-corrected chi connectivity index (χ3v) is 13.1. The highest BCUT2D eigenvalue weighted by Crippen LogP contribution is 2.27. The largest absolute Gasteiger partial charge is 0.381 e. The minimum atomic E-state index is -0.519. The van der Waals surface area contributed by atoms with Crippen LogP contribution in [0.25, 0.3) is 0 Å². The number of benzene rings is 9. The molecule has 0 aliphatic rings. The number of ketones is 5. The summed E-state index contributed by atoms with van der Waals surface area (Å²) < 4.78 is 0. The van der Waals surface area contributed by atoms with Gasteiger partial charge in [-0.15, -0.1) is 0 Å². The van der Waals surface area contributed by atoms with Crippen molar-refractivity contribution >= 4 is 40.9 Å². The second-order valence-electron chi connectivity index (χ2n) is 18.5. The van der Waals surface area contributed by atoms with Crippen LogP contribution in [0.2, 0.25) is 0 Å². The molecule has 7 nitrogen and oxygen atoms in total. The highest BCUT2D eigenvalue weighted by Gasteiger charge is 2.19. The molecule has 9 rings (SSSR count). The highest BCUT2D eigenvalue weighted by atomic mass is 16.1. The average molecular weight is 954 g/mol. The van der Waals surface area contributed by atoms with Crippen LogP contribution in [0, 0.1) is 20.8 Å². The van der Waals surface area contributed by atoms with Gasteiger partial charge in [-0.25, -0.2) is 0 Å². The van der Waals surface area contributed by atoms with Crippen LogP contribution in [-0.2, 0) is 17.8 Å². The van der Waals surface area contributed by atoms with E-state index in [9.17, 15) is 28.8 Å². The lowest BCUT2D eigenvalue weighted by atomic mass is 9.89. The minimum absolute atomic E-state index is 0.0688. The van der Waals surface area contributed by atoms with Crippen LogP contribution in [0.4, 0.5) is 5.69 Å². The molecule has 7 heteroatoms. The van der Waals surface area contributed by atoms with Crippen LogP contribution >= 0.6 is 0 Å². The molecule has 9 aromatic rings. The summed E-state index contributed by atoms with van der Waals surface area (Å²) >= 11 is 0. The van der Waals surface area contributed by atoms with Gasteiger partial charge in [0, 0.05) is 67.9 Å². The van der Waals surface area contributed by atoms with Gasteiger partial charge in [-0.05, 0) is 97.5 Å². The second-order valence-corrected chi connectivity index (χ2v) is 18.5. The molecule has 356 valence electrons. The zero-order chi connectivity index (χ0) is 51.0. The zero-order valence-corrected chi connectivity index (χ0v) is 40.7. The van der Waals surface area contributed by atoms with Gasteiger partial charge in [-0.1, -0.05) is 187 Å². The molecule has 1 atom stereocenters. The first-order chi connectivity index (χ1) is 35.4. The number of hydrogen-bond acceptors (Lipinski definition) is 7. The number of hydrogen-bond donors (Lipinski definition) is 1. The summed E-state index contributed by atoms with van der Waals surface area (Å²) in [5.74, 6) is -1.13. The maximum atomic E-state index is 13.9. The third kappa shape index (κ3) is 11.5. The Kier molecular flexibility index (Phi) is 14.6. The van der Waals surface area contributed by atoms with Gasteiger partial charge in [-0.3, -0.25) is 24.0 Å². The molecule has 0 saturated carbocycles. The summed E-state index contributed by atoms with van der Waals surface area (Å²) in [5.41, 5.74) is 13.7. The van der Waals surface area contributed by atoms with Crippen LogP contribution in [0.1, 0.15) is 130 Å². The van der Waals surface area contributed by atoms with Crippen molar-refractivity contribution in [1.82, 2.24) is 0 Å². The Morgan fingerprint density at radius 3 is 1.32 bits per heavy atom. The van der Waals surface area contributed by atoms with Crippen LogP contribution in [0.15, 0.2) is 212 Å². The number of carbonyl (C=O) groups is 6. The SMILES string of the molecule is Cc1ccc(C(=O)c2ccc(C(=O)c3ccc(NCc4ccc(C(=O)c5ccc(C(=O)c6cc(C)cc(Cc7cccc(C(C=O)c8ccc(C(=O)c9cccc(C)c9)cc8)c7)c6)cc5)cc4)cc3)cc2)cc1. The Bertz CT molecular complexity index is 3520. The lowest BCUT2D eigenvalue weighted by Gasteiger charge is -2.14. The summed E-state index contributed by atoms with van der Waals surface area (Å²) in [7, 11) is 0. The Balaban J connectivity index is 0.782. The molecule has 1 N–H and O–H groups in total. The lowest BCUT2D eigenvalue weighted by molar-refractivity contribution is -0.108. The van der Waals surface area contributed by atoms with Crippen LogP contribution < -0.4 is 5.32 Å². The third-order valence-electron chi connectivity index (χ3n) is 13.1. The van der Waals surface area contributed by atoms with Gasteiger partial charge >= 0.3 is 0 Å². The molecule has 0 aliphatic carbocycles. The van der Waals surface area contributed by atoms with E-state index in [-0.39, 0.29) is 28.9 Å². The van der Waals surface area contributed by atoms with E-state index < -0.39 is 5.92 Å². The van der Waals surface area contributed by atoms with Gasteiger partial charge in [-0.2, -0.15) is 0 Å². The van der Waals surface area contributed by atoms with E-state index in [0.717, 1.165) is 56.5 Å². The van der Waals surface area contributed by atoms with E-state index in [2.05, 4.69) is 11.4 Å². The Morgan fingerprint density at radius 2 is 0.795 bits per heavy atom. The fourth-order valence-corrected chi connectivity index (χ4v) is 9.01. The molecule has 9 aromatic carbocycles. The normalized spacial score (nSPS) is 11.3. The predicted octanol–water partition coefficient (Wildman–Crippen LogP) is 13.3. The van der Waals surface area contributed by atoms with E-state index in [1.807, 2.05) is 124 Å². The summed E-state index contributed by atoms with van der Waals surface area (Å²) in [6, 6.07) is 63.9. The number of carbonyl (C=O) groups excluding carboxylic acids is 6. The lowest BCUT2D eigenvalue weighted by Crippen LogP contribution is -2.06. The number of rotatable bonds is 18. The molecule has 0 amide bonds. The van der Waals surface area contributed by atoms with Crippen molar-refractivity contribution in [3.8, 4) is 0 Å². The van der Waals surface area contributed by atoms with Crippen molar-refractivity contribution in [2.75, 3.05) is 5.32 Å². The van der Waals surface area contributed by atoms with Crippen molar-refractivity contribution in [1.29, 1.82) is 0 Å². The molecule has 0 bridgehead atoms. The van der Waals surface area contributed by atoms with Crippen molar-refractivity contribution in [3.05, 3.63) is 312 Å². The van der Waals surface area contributed by atoms with Crippen molar-refractivity contribution < 1.29 is 28.8 Å². The van der Waals surface area contributed by atoms with Gasteiger partial charge in [0.05, 0.1) is 5.92 Å². The van der Waals surface area contributed by atoms with Crippen LogP contribution in [0.5, 0.6) is 0 Å². The van der Waals surface area contributed by atoms with Gasteiger partial charge in [0.25, 0.3) is 0 Å². The Morgan fingerprint density at radius 1 is 0.356 bits per heavy atom. The molecule has 0 spiro atoms. The van der Waals surface area contributed by atoms with Gasteiger partial charge in [0.2, 0.25) is 0 Å². The molecular weight excluding hydrogens is 903 g/mol. The number of aldehydes is 1. The standard InChI is InChI=1S/C66H51NO6/c1-42-10-14-49(15-11-42)62(69)51-22-24-53(25-23-51)64(71)56-30-32-60(33-31-56)67-40-45-12-16-50(17-13-45)63(70)52-26-28-55(29-27-52)66(73)59-36-44(3)34-47(39-59)37-46-7-5-8-57(38-46)61(41-68)48-18-20-54(21-19-48)65(72)58-9-4-6-43(2)35-58/h4-36,38-39,41,61,67H,37,40H2,1-3H3. The molecule has 0 radical (unpaired) electrons. The maximum Gasteiger partial charge on any atom is 0.193 e. The van der Waals surface area contributed by atoms with Crippen molar-refractivity contribution in [2.45, 2.75) is 39.7 Å². The number of aryl methyl sites for hydroxylation is 3. The molecule has 0 heterocycles. The van der Waals surface area contributed by atoms with Crippen LogP contribution in [0.3, 0.4) is 0 Å². The molecular formula is C66H51NO6. The first kappa shape index (κ1) is 48.8. The molecule has 1 unspecified atom stereocenters. The van der Waals surface area contributed by atoms with E-state index in [0.29, 0.717) is 68.6 Å². The predicted molar refractivity (Wildman–Crippen MR) is 287 cm³/mol. The van der Waals surface area contributed by atoms with E-state index in [1.54, 1.807) is 103 Å². The van der Waals surface area contributed by atoms with E-state index in [1.165, 1.54) is 0 Å². The Hall–Kier alpha value is -9.20. The number of nitrogens with one attached hydrogen (secondary N) is 1. The Labute approximate surface area is 425 Å². The highest BCUT2D eigenvalue weighted by molar-refractivity contribution is 6.13. The number of anilines is 1. The fraction of sp³-hybridized carbons (Fsp3) is 0.0909. The molecule has 73 heavy (non-hydrogen) atoms. The fourth-order valence-electron chi connectivity index (χ4n) is 9.01. The van der Waals surface area contributed by atoms with Gasteiger partial charge in [0.1, 0.15) is 6.29 Å². The van der Waals surface area contributed by atoms with Gasteiger partial charge in [0.15, 0.2) is 28.9 Å². The summed E-state index contributed by atoms with van der Waals surface area (Å²) in [6.07, 6.45) is 1.46. The zero-order valence-electron chi connectivity index (χ0n) is 40.7. The quantitative estimate of drug-likeness (QED) is 0.0673. The first-order valence-corrected chi connectivity index (χ1v) is 24.1. The van der Waals surface area contributed by atoms with Crippen molar-refractivity contribution in [2.24, 2.45) is 0 Å². The molecule has 0 saturated heterocycles. The topological polar surface area (TPSA) is 114 Å². The van der Waals surface area contributed by atoms with Gasteiger partial charge < -0.3 is 10.1 Å². The van der Waals surface area contributed by atoms with Crippen LogP contribution in [-0.4, -0.2) is 35.2 Å². The summed E-state index contributed by atoms with van der Waals surface area (Å²) in [6.45, 7) is 6.38. The average Bonchev–Trinajstić information content (AvgIpc) is 3.42. The molecule has 0 aliphatic heterocycles. The smallest absolute Gasteiger partial charge is 0.193 e. The van der Waals surface area contributed by atoms with E-state index in [4.69, 9.17) is 0 Å². The van der Waals surface area contributed by atoms with Crippen molar-refractivity contribution in [3.63, 3.8) is 0 Å². The van der Waals surface area contributed by atoms with E-state index >= 15 is 0 Å². The minimum Gasteiger partial charge on any atom is -0.381 e. The first-order valence-electron chi connectivity index (χ1n) is 24.1. The summed E-state index contributed by atoms with van der Waals surface area (Å²) in [4.78, 5) is 79.1.